The molecule has 1 aliphatic heterocycles. The Balaban J connectivity index is 1.98. The fraction of sp³-hybridized carbons (Fsp3) is 0.118. The van der Waals surface area contributed by atoms with Gasteiger partial charge in [-0.05, 0) is 35.9 Å². The highest BCUT2D eigenvalue weighted by atomic mass is 16.2. The van der Waals surface area contributed by atoms with Gasteiger partial charge in [0.1, 0.15) is 0 Å². The molecule has 0 unspecified atom stereocenters. The number of nitrogens with zero attached hydrogens (tertiary/aromatic N) is 2. The number of amides is 2. The number of hydrogen-bond donors (Lipinski definition) is 2. The number of primary amides is 1. The van der Waals surface area contributed by atoms with Crippen LogP contribution in [-0.2, 0) is 11.3 Å². The van der Waals surface area contributed by atoms with Crippen LogP contribution < -0.4 is 16.0 Å². The largest absolute Gasteiger partial charge is 0.366 e. The Labute approximate surface area is 133 Å². The first-order valence-corrected chi connectivity index (χ1v) is 7.04. The van der Waals surface area contributed by atoms with Crippen LogP contribution in [0, 0.1) is 11.3 Å². The number of carbonyl (C=O) groups is 2. The molecule has 0 radical (unpaired) electrons. The second kappa shape index (κ2) is 5.81. The highest BCUT2D eigenvalue weighted by Crippen LogP contribution is 2.26. The summed E-state index contributed by atoms with van der Waals surface area (Å²) in [6, 6.07) is 14.2. The molecule has 0 spiro atoms. The van der Waals surface area contributed by atoms with Crippen molar-refractivity contribution in [1.82, 2.24) is 0 Å². The second-order valence-electron chi connectivity index (χ2n) is 5.30. The van der Waals surface area contributed by atoms with Crippen LogP contribution in [0.4, 0.5) is 11.4 Å². The lowest BCUT2D eigenvalue weighted by Crippen LogP contribution is -2.29. The van der Waals surface area contributed by atoms with Crippen molar-refractivity contribution in [2.24, 2.45) is 5.73 Å². The summed E-state index contributed by atoms with van der Waals surface area (Å²) < 4.78 is 0. The monoisotopic (exact) mass is 306 g/mol. The Bertz CT molecular complexity index is 839. The molecule has 0 aliphatic carbocycles. The first-order chi connectivity index (χ1) is 11.1. The molecular formula is C17H14N4O2. The molecule has 2 aromatic carbocycles. The molecule has 23 heavy (non-hydrogen) atoms. The minimum Gasteiger partial charge on any atom is -0.366 e. The van der Waals surface area contributed by atoms with Gasteiger partial charge in [-0.2, -0.15) is 5.26 Å². The molecule has 3 rings (SSSR count). The van der Waals surface area contributed by atoms with Crippen LogP contribution in [0.2, 0.25) is 0 Å². The van der Waals surface area contributed by atoms with Gasteiger partial charge in [-0.1, -0.05) is 12.1 Å². The third kappa shape index (κ3) is 2.99. The summed E-state index contributed by atoms with van der Waals surface area (Å²) in [4.78, 5) is 25.3. The maximum Gasteiger partial charge on any atom is 0.248 e. The highest BCUT2D eigenvalue weighted by Gasteiger charge is 2.20. The molecule has 3 N–H and O–H groups in total. The van der Waals surface area contributed by atoms with Crippen molar-refractivity contribution in [2.45, 2.75) is 6.54 Å². The molecule has 6 nitrogen and oxygen atoms in total. The Morgan fingerprint density at radius 2 is 2.04 bits per heavy atom. The predicted octanol–water partition coefficient (Wildman–Crippen LogP) is 1.62. The summed E-state index contributed by atoms with van der Waals surface area (Å²) in [5, 5.41) is 11.8. The van der Waals surface area contributed by atoms with E-state index in [2.05, 4.69) is 11.4 Å². The minimum absolute atomic E-state index is 0.162. The van der Waals surface area contributed by atoms with Crippen molar-refractivity contribution in [1.29, 1.82) is 5.26 Å². The number of benzene rings is 2. The topological polar surface area (TPSA) is 99.2 Å². The van der Waals surface area contributed by atoms with E-state index in [9.17, 15) is 9.59 Å². The smallest absolute Gasteiger partial charge is 0.248 e. The zero-order valence-electron chi connectivity index (χ0n) is 12.2. The van der Waals surface area contributed by atoms with Gasteiger partial charge >= 0.3 is 0 Å². The van der Waals surface area contributed by atoms with Gasteiger partial charge in [-0.3, -0.25) is 9.59 Å². The molecule has 0 saturated heterocycles. The summed E-state index contributed by atoms with van der Waals surface area (Å²) in [6.07, 6.45) is 0. The maximum atomic E-state index is 12.1. The Hall–Kier alpha value is -3.33. The van der Waals surface area contributed by atoms with Gasteiger partial charge in [0.05, 0.1) is 18.2 Å². The summed E-state index contributed by atoms with van der Waals surface area (Å²) in [6.45, 7) is 0.650. The molecule has 6 heteroatoms. The molecule has 0 atom stereocenters. The predicted molar refractivity (Wildman–Crippen MR) is 85.8 cm³/mol. The zero-order valence-corrected chi connectivity index (χ0v) is 12.2. The molecule has 1 heterocycles. The van der Waals surface area contributed by atoms with Gasteiger partial charge in [0.2, 0.25) is 11.8 Å². The average molecular weight is 306 g/mol. The lowest BCUT2D eigenvalue weighted by molar-refractivity contribution is -0.114. The number of rotatable bonds is 2. The van der Waals surface area contributed by atoms with Crippen LogP contribution >= 0.6 is 0 Å². The van der Waals surface area contributed by atoms with E-state index < -0.39 is 5.91 Å². The van der Waals surface area contributed by atoms with Crippen molar-refractivity contribution in [3.63, 3.8) is 0 Å². The lowest BCUT2D eigenvalue weighted by atomic mass is 10.1. The quantitative estimate of drug-likeness (QED) is 0.880. The molecule has 0 fully saturated rings. The van der Waals surface area contributed by atoms with Crippen molar-refractivity contribution in [3.05, 3.63) is 59.2 Å². The van der Waals surface area contributed by atoms with Gasteiger partial charge in [0.15, 0.2) is 0 Å². The van der Waals surface area contributed by atoms with Gasteiger partial charge in [0.25, 0.3) is 0 Å². The third-order valence-corrected chi connectivity index (χ3v) is 3.70. The summed E-state index contributed by atoms with van der Waals surface area (Å²) in [5.74, 6) is -0.724. The summed E-state index contributed by atoms with van der Waals surface area (Å²) in [7, 11) is 0. The zero-order chi connectivity index (χ0) is 16.4. The normalized spacial score (nSPS) is 13.5. The number of nitriles is 1. The van der Waals surface area contributed by atoms with Crippen molar-refractivity contribution in [3.8, 4) is 6.07 Å². The molecule has 1 aliphatic rings. The molecule has 0 saturated carbocycles. The second-order valence-corrected chi connectivity index (χ2v) is 5.30. The highest BCUT2D eigenvalue weighted by molar-refractivity contribution is 5.99. The number of hydrogen-bond acceptors (Lipinski definition) is 4. The van der Waals surface area contributed by atoms with Crippen molar-refractivity contribution < 1.29 is 9.59 Å². The molecule has 114 valence electrons. The molecule has 0 bridgehead atoms. The third-order valence-electron chi connectivity index (χ3n) is 3.70. The molecule has 0 aromatic heterocycles. The van der Waals surface area contributed by atoms with E-state index in [1.165, 1.54) is 0 Å². The van der Waals surface area contributed by atoms with E-state index >= 15 is 0 Å². The van der Waals surface area contributed by atoms with Crippen LogP contribution in [0.3, 0.4) is 0 Å². The van der Waals surface area contributed by atoms with Gasteiger partial charge in [0, 0.05) is 23.5 Å². The Morgan fingerprint density at radius 1 is 1.22 bits per heavy atom. The molecule has 2 amide bonds. The van der Waals surface area contributed by atoms with E-state index in [-0.39, 0.29) is 12.5 Å². The first-order valence-electron chi connectivity index (χ1n) is 7.04. The van der Waals surface area contributed by atoms with Crippen LogP contribution in [-0.4, -0.2) is 18.4 Å². The standard InChI is InChI=1S/C17H14N4O2/c18-8-11-2-1-3-14(6-11)21-9-13-5-4-12(17(19)23)7-15(13)20-16(22)10-21/h1-7H,9-10H2,(H2,19,23)(H,20,22). The number of fused-ring (bicyclic) bond motifs is 1. The molecular weight excluding hydrogens is 292 g/mol. The average Bonchev–Trinajstić information content (AvgIpc) is 2.72. The number of carbonyl (C=O) groups excluding carboxylic acids is 2. The maximum absolute atomic E-state index is 12.1. The van der Waals surface area contributed by atoms with E-state index in [0.717, 1.165) is 11.3 Å². The van der Waals surface area contributed by atoms with Crippen molar-refractivity contribution >= 4 is 23.2 Å². The van der Waals surface area contributed by atoms with Crippen molar-refractivity contribution in [2.75, 3.05) is 16.8 Å². The van der Waals surface area contributed by atoms with Gasteiger partial charge in [-0.15, -0.1) is 0 Å². The SMILES string of the molecule is N#Cc1cccc(N2CC(=O)Nc3cc(C(N)=O)ccc3C2)c1. The minimum atomic E-state index is -0.537. The Morgan fingerprint density at radius 3 is 2.78 bits per heavy atom. The fourth-order valence-electron chi connectivity index (χ4n) is 2.56. The summed E-state index contributed by atoms with van der Waals surface area (Å²) >= 11 is 0. The van der Waals surface area contributed by atoms with E-state index in [1.807, 2.05) is 11.0 Å². The number of nitrogens with two attached hydrogens (primary N) is 1. The first kappa shape index (κ1) is 14.6. The van der Waals surface area contributed by atoms with E-state index in [4.69, 9.17) is 11.0 Å². The Kier molecular flexibility index (Phi) is 3.69. The van der Waals surface area contributed by atoms with Crippen LogP contribution in [0.25, 0.3) is 0 Å². The number of anilines is 2. The van der Waals surface area contributed by atoms with Crippen LogP contribution in [0.5, 0.6) is 0 Å². The van der Waals surface area contributed by atoms with E-state index in [0.29, 0.717) is 23.4 Å². The fourth-order valence-corrected chi connectivity index (χ4v) is 2.56. The lowest BCUT2D eigenvalue weighted by Gasteiger charge is -2.22. The molecule has 2 aromatic rings. The van der Waals surface area contributed by atoms with Crippen LogP contribution in [0.1, 0.15) is 21.5 Å². The van der Waals surface area contributed by atoms with Gasteiger partial charge in [-0.25, -0.2) is 0 Å². The van der Waals surface area contributed by atoms with Crippen LogP contribution in [0.15, 0.2) is 42.5 Å². The number of nitrogens with one attached hydrogen (secondary N) is 1. The van der Waals surface area contributed by atoms with E-state index in [1.54, 1.807) is 36.4 Å². The summed E-state index contributed by atoms with van der Waals surface area (Å²) in [5.41, 5.74) is 8.43. The van der Waals surface area contributed by atoms with Gasteiger partial charge < -0.3 is 16.0 Å².